The van der Waals surface area contributed by atoms with Crippen molar-refractivity contribution >= 4 is 23.7 Å². The number of non-ortho nitro benzene ring substituents is 1. The van der Waals surface area contributed by atoms with Crippen LogP contribution in [-0.4, -0.2) is 85.6 Å². The first kappa shape index (κ1) is 32.2. The van der Waals surface area contributed by atoms with E-state index in [1.165, 1.54) is 38.3 Å². The van der Waals surface area contributed by atoms with Crippen molar-refractivity contribution < 1.29 is 57.6 Å². The fraction of sp³-hybridized carbons (Fsp3) is 0.444. The Morgan fingerprint density at radius 3 is 2.12 bits per heavy atom. The van der Waals surface area contributed by atoms with Gasteiger partial charge in [0.2, 0.25) is 0 Å². The minimum absolute atomic E-state index is 0.0470. The smallest absolute Gasteiger partial charge is 0.412 e. The van der Waals surface area contributed by atoms with E-state index < -0.39 is 60.3 Å². The van der Waals surface area contributed by atoms with Gasteiger partial charge in [0.1, 0.15) is 23.7 Å². The van der Waals surface area contributed by atoms with Crippen LogP contribution in [0.25, 0.3) is 0 Å². The molecule has 0 saturated carbocycles. The van der Waals surface area contributed by atoms with Crippen LogP contribution in [0.15, 0.2) is 48.5 Å². The molecule has 5 atom stereocenters. The van der Waals surface area contributed by atoms with Gasteiger partial charge in [-0.2, -0.15) is 0 Å². The molecule has 2 N–H and O–H groups in total. The maximum atomic E-state index is 12.1. The van der Waals surface area contributed by atoms with Crippen LogP contribution < -0.4 is 14.8 Å². The molecular formula is C27H32N2O13. The zero-order chi connectivity index (χ0) is 30.6. The van der Waals surface area contributed by atoms with Crippen molar-refractivity contribution in [3.8, 4) is 11.5 Å². The Bertz CT molecular complexity index is 1210. The summed E-state index contributed by atoms with van der Waals surface area (Å²) in [4.78, 5) is 46.2. The van der Waals surface area contributed by atoms with Crippen molar-refractivity contribution in [1.29, 1.82) is 0 Å². The fourth-order valence-electron chi connectivity index (χ4n) is 4.03. The molecule has 1 saturated heterocycles. The SMILES string of the molecule is COc1ccc(CO[C@H]2[C@H](OC(C)=O)[C@@H](OC(C)=O)[C@H](OCCNC(=O)Oc3ccc([N+](=O)[O-])cc3)O[C@@H]2CO)cc1. The monoisotopic (exact) mass is 592 g/mol. The van der Waals surface area contributed by atoms with Crippen LogP contribution in [0.5, 0.6) is 11.5 Å². The summed E-state index contributed by atoms with van der Waals surface area (Å²) in [6.45, 7) is 1.58. The minimum Gasteiger partial charge on any atom is -0.497 e. The van der Waals surface area contributed by atoms with Crippen molar-refractivity contribution in [1.82, 2.24) is 5.32 Å². The van der Waals surface area contributed by atoms with E-state index in [4.69, 9.17) is 33.2 Å². The highest BCUT2D eigenvalue weighted by atomic mass is 16.7. The Hall–Kier alpha value is -4.31. The lowest BCUT2D eigenvalue weighted by Gasteiger charge is -2.44. The Kier molecular flexibility index (Phi) is 12.0. The Morgan fingerprint density at radius 1 is 0.929 bits per heavy atom. The van der Waals surface area contributed by atoms with Gasteiger partial charge in [-0.05, 0) is 29.8 Å². The largest absolute Gasteiger partial charge is 0.497 e. The van der Waals surface area contributed by atoms with Gasteiger partial charge in [0.05, 0.1) is 31.9 Å². The lowest BCUT2D eigenvalue weighted by atomic mass is 9.98. The van der Waals surface area contributed by atoms with Gasteiger partial charge in [0.25, 0.3) is 5.69 Å². The number of hydrogen-bond acceptors (Lipinski definition) is 13. The molecule has 3 rings (SSSR count). The third-order valence-electron chi connectivity index (χ3n) is 5.89. The first-order chi connectivity index (χ1) is 20.1. The van der Waals surface area contributed by atoms with Gasteiger partial charge in [-0.3, -0.25) is 19.7 Å². The highest BCUT2D eigenvalue weighted by Gasteiger charge is 2.51. The molecule has 1 aliphatic heterocycles. The summed E-state index contributed by atoms with van der Waals surface area (Å²) in [7, 11) is 1.54. The van der Waals surface area contributed by atoms with Crippen LogP contribution in [0.1, 0.15) is 19.4 Å². The van der Waals surface area contributed by atoms with Crippen molar-refractivity contribution in [2.24, 2.45) is 0 Å². The average molecular weight is 593 g/mol. The Labute approximate surface area is 240 Å². The number of benzene rings is 2. The van der Waals surface area contributed by atoms with Crippen molar-refractivity contribution in [3.63, 3.8) is 0 Å². The van der Waals surface area contributed by atoms with E-state index in [1.807, 2.05) is 0 Å². The Balaban J connectivity index is 1.64. The number of nitro groups is 1. The molecular weight excluding hydrogens is 560 g/mol. The van der Waals surface area contributed by atoms with Crippen LogP contribution in [-0.2, 0) is 39.9 Å². The molecule has 0 bridgehead atoms. The molecule has 1 amide bonds. The molecule has 0 spiro atoms. The van der Waals surface area contributed by atoms with Crippen LogP contribution >= 0.6 is 0 Å². The molecule has 1 heterocycles. The summed E-state index contributed by atoms with van der Waals surface area (Å²) in [5, 5.41) is 23.2. The first-order valence-corrected chi connectivity index (χ1v) is 12.8. The quantitative estimate of drug-likeness (QED) is 0.148. The molecule has 1 aliphatic rings. The molecule has 2 aromatic rings. The van der Waals surface area contributed by atoms with Crippen LogP contribution in [0.3, 0.4) is 0 Å². The summed E-state index contributed by atoms with van der Waals surface area (Å²) in [5.74, 6) is -0.672. The maximum absolute atomic E-state index is 12.1. The second-order valence-corrected chi connectivity index (χ2v) is 8.94. The molecule has 1 fully saturated rings. The molecule has 228 valence electrons. The summed E-state index contributed by atoms with van der Waals surface area (Å²) in [6, 6.07) is 11.9. The maximum Gasteiger partial charge on any atom is 0.412 e. The topological polar surface area (TPSA) is 191 Å². The van der Waals surface area contributed by atoms with Gasteiger partial charge in [-0.1, -0.05) is 12.1 Å². The van der Waals surface area contributed by atoms with Crippen LogP contribution in [0.2, 0.25) is 0 Å². The average Bonchev–Trinajstić information content (AvgIpc) is 2.96. The normalized spacial score (nSPS) is 21.6. The number of nitro benzene ring substituents is 1. The fourth-order valence-corrected chi connectivity index (χ4v) is 4.03. The molecule has 15 nitrogen and oxygen atoms in total. The number of aliphatic hydroxyl groups excluding tert-OH is 1. The molecule has 15 heteroatoms. The number of aliphatic hydroxyl groups is 1. The molecule has 42 heavy (non-hydrogen) atoms. The van der Waals surface area contributed by atoms with Crippen molar-refractivity contribution in [2.45, 2.75) is 51.2 Å². The number of hydrogen-bond donors (Lipinski definition) is 2. The van der Waals surface area contributed by atoms with Crippen LogP contribution in [0.4, 0.5) is 10.5 Å². The van der Waals surface area contributed by atoms with E-state index in [0.29, 0.717) is 5.75 Å². The van der Waals surface area contributed by atoms with Gasteiger partial charge in [0.15, 0.2) is 18.5 Å². The van der Waals surface area contributed by atoms with Gasteiger partial charge in [-0.25, -0.2) is 4.79 Å². The zero-order valence-corrected chi connectivity index (χ0v) is 23.1. The number of nitrogens with zero attached hydrogens (tertiary/aromatic N) is 1. The standard InChI is InChI=1S/C27H32N2O13/c1-16(31)39-24-23(38-15-18-4-8-20(36-3)9-5-18)22(14-30)42-26(25(24)40-17(2)32)37-13-12-28-27(33)41-21-10-6-19(7-11-21)29(34)35/h4-11,22-26,30H,12-15H2,1-3H3,(H,28,33)/t22-,23-,24+,25-,26-/m1/s1. The summed E-state index contributed by atoms with van der Waals surface area (Å²) in [6.07, 6.45) is -6.72. The molecule has 2 aromatic carbocycles. The molecule has 0 radical (unpaired) electrons. The number of esters is 2. The second-order valence-electron chi connectivity index (χ2n) is 8.94. The number of carbonyl (C=O) groups excluding carboxylic acids is 3. The number of methoxy groups -OCH3 is 1. The second kappa shape index (κ2) is 15.6. The van der Waals surface area contributed by atoms with Gasteiger partial charge >= 0.3 is 18.0 Å². The third-order valence-corrected chi connectivity index (χ3v) is 5.89. The highest BCUT2D eigenvalue weighted by Crippen LogP contribution is 2.30. The van der Waals surface area contributed by atoms with E-state index >= 15 is 0 Å². The van der Waals surface area contributed by atoms with E-state index in [0.717, 1.165) is 12.5 Å². The number of rotatable bonds is 13. The third kappa shape index (κ3) is 9.37. The van der Waals surface area contributed by atoms with Crippen molar-refractivity contribution in [2.75, 3.05) is 26.9 Å². The summed E-state index contributed by atoms with van der Waals surface area (Å²) in [5.41, 5.74) is 0.593. The highest BCUT2D eigenvalue weighted by molar-refractivity contribution is 5.70. The van der Waals surface area contributed by atoms with Gasteiger partial charge < -0.3 is 43.6 Å². The summed E-state index contributed by atoms with van der Waals surface area (Å²) < 4.78 is 38.6. The molecule has 0 aliphatic carbocycles. The number of carbonyl (C=O) groups is 3. The summed E-state index contributed by atoms with van der Waals surface area (Å²) >= 11 is 0. The van der Waals surface area contributed by atoms with E-state index in [9.17, 15) is 29.6 Å². The lowest BCUT2D eigenvalue weighted by molar-refractivity contribution is -0.384. The predicted octanol–water partition coefficient (Wildman–Crippen LogP) is 1.87. The van der Waals surface area contributed by atoms with Crippen LogP contribution in [0, 0.1) is 10.1 Å². The lowest BCUT2D eigenvalue weighted by Crippen LogP contribution is -2.62. The Morgan fingerprint density at radius 2 is 1.55 bits per heavy atom. The minimum atomic E-state index is -1.30. The zero-order valence-electron chi connectivity index (χ0n) is 23.1. The van der Waals surface area contributed by atoms with Crippen molar-refractivity contribution in [3.05, 3.63) is 64.2 Å². The number of ether oxygens (including phenoxy) is 7. The predicted molar refractivity (Wildman–Crippen MR) is 142 cm³/mol. The molecule has 0 unspecified atom stereocenters. The molecule has 0 aromatic heterocycles. The van der Waals surface area contributed by atoms with E-state index in [-0.39, 0.29) is 31.2 Å². The number of amides is 1. The first-order valence-electron chi connectivity index (χ1n) is 12.8. The number of nitrogens with one attached hydrogen (secondary N) is 1. The van der Waals surface area contributed by atoms with Gasteiger partial charge in [-0.15, -0.1) is 0 Å². The van der Waals surface area contributed by atoms with Gasteiger partial charge in [0, 0.05) is 32.5 Å². The van der Waals surface area contributed by atoms with E-state index in [1.54, 1.807) is 24.3 Å². The van der Waals surface area contributed by atoms with E-state index in [2.05, 4.69) is 5.32 Å².